The van der Waals surface area contributed by atoms with Gasteiger partial charge in [0.2, 0.25) is 17.7 Å². The number of carbonyl (C=O) groups excluding carboxylic acids is 3. The van der Waals surface area contributed by atoms with Crippen LogP contribution in [0.1, 0.15) is 38.2 Å². The lowest BCUT2D eigenvalue weighted by atomic mass is 9.93. The molecule has 1 aromatic carbocycles. The van der Waals surface area contributed by atoms with Gasteiger partial charge in [0.15, 0.2) is 0 Å². The summed E-state index contributed by atoms with van der Waals surface area (Å²) < 4.78 is 1.05. The molecule has 0 spiro atoms. The Bertz CT molecular complexity index is 570. The molecule has 0 aromatic heterocycles. The van der Waals surface area contributed by atoms with Crippen LogP contribution in [0.2, 0.25) is 0 Å². The number of amides is 3. The number of rotatable bonds is 6. The lowest BCUT2D eigenvalue weighted by Crippen LogP contribution is -2.41. The quantitative estimate of drug-likeness (QED) is 0.743. The zero-order chi connectivity index (χ0) is 16.8. The average molecular weight is 381 g/mol. The molecule has 1 aliphatic rings. The first-order valence-electron chi connectivity index (χ1n) is 7.79. The van der Waals surface area contributed by atoms with E-state index in [0.29, 0.717) is 0 Å². The van der Waals surface area contributed by atoms with Crippen LogP contribution in [0.4, 0.5) is 0 Å². The monoisotopic (exact) mass is 380 g/mol. The van der Waals surface area contributed by atoms with Crippen molar-refractivity contribution in [2.45, 2.75) is 45.1 Å². The molecule has 6 heteroatoms. The third-order valence-electron chi connectivity index (χ3n) is 3.89. The van der Waals surface area contributed by atoms with Gasteiger partial charge in [-0.2, -0.15) is 0 Å². The van der Waals surface area contributed by atoms with Crippen molar-refractivity contribution in [2.75, 3.05) is 0 Å². The highest BCUT2D eigenvalue weighted by atomic mass is 79.9. The first kappa shape index (κ1) is 17.7. The summed E-state index contributed by atoms with van der Waals surface area (Å²) in [7, 11) is 0. The molecular formula is C17H21BrN2O3. The Labute approximate surface area is 144 Å². The molecule has 0 bridgehead atoms. The molecular weight excluding hydrogens is 360 g/mol. The number of aryl methyl sites for hydroxylation is 1. The van der Waals surface area contributed by atoms with Crippen LogP contribution < -0.4 is 10.6 Å². The van der Waals surface area contributed by atoms with Crippen molar-refractivity contribution in [3.63, 3.8) is 0 Å². The van der Waals surface area contributed by atoms with E-state index in [9.17, 15) is 14.4 Å². The molecule has 1 atom stereocenters. The number of nitrogens with one attached hydrogen (secondary N) is 2. The first-order valence-corrected chi connectivity index (χ1v) is 8.58. The molecule has 5 nitrogen and oxygen atoms in total. The summed E-state index contributed by atoms with van der Waals surface area (Å²) in [6, 6.07) is 8.18. The smallest absolute Gasteiger partial charge is 0.226 e. The number of benzene rings is 1. The average Bonchev–Trinajstić information content (AvgIpc) is 2.45. The first-order chi connectivity index (χ1) is 10.9. The Morgan fingerprint density at radius 3 is 2.48 bits per heavy atom. The van der Waals surface area contributed by atoms with Gasteiger partial charge in [0, 0.05) is 29.8 Å². The van der Waals surface area contributed by atoms with Crippen LogP contribution in [0, 0.1) is 5.92 Å². The van der Waals surface area contributed by atoms with E-state index < -0.39 is 0 Å². The minimum absolute atomic E-state index is 0.0549. The standard InChI is InChI=1S/C17H21BrN2O3/c1-11(2-3-12-4-6-14(18)7-5-12)19-15(21)8-13-9-16(22)20-17(23)10-13/h4-7,11,13H,2-3,8-10H2,1H3,(H,19,21)(H,20,22,23). The predicted molar refractivity (Wildman–Crippen MR) is 90.6 cm³/mol. The lowest BCUT2D eigenvalue weighted by Gasteiger charge is -2.21. The van der Waals surface area contributed by atoms with Gasteiger partial charge in [-0.3, -0.25) is 19.7 Å². The molecule has 1 saturated heterocycles. The molecule has 124 valence electrons. The van der Waals surface area contributed by atoms with Crippen molar-refractivity contribution < 1.29 is 14.4 Å². The number of halogens is 1. The second-order valence-electron chi connectivity index (χ2n) is 6.08. The van der Waals surface area contributed by atoms with Crippen LogP contribution in [0.3, 0.4) is 0 Å². The maximum atomic E-state index is 12.0. The molecule has 0 radical (unpaired) electrons. The van der Waals surface area contributed by atoms with E-state index in [2.05, 4.69) is 38.7 Å². The van der Waals surface area contributed by atoms with Crippen LogP contribution in [0.5, 0.6) is 0 Å². The molecule has 1 aromatic rings. The zero-order valence-corrected chi connectivity index (χ0v) is 14.7. The fourth-order valence-corrected chi connectivity index (χ4v) is 2.97. The number of hydrogen-bond acceptors (Lipinski definition) is 3. The van der Waals surface area contributed by atoms with Crippen LogP contribution in [-0.2, 0) is 20.8 Å². The van der Waals surface area contributed by atoms with Crippen LogP contribution >= 0.6 is 15.9 Å². The summed E-state index contributed by atoms with van der Waals surface area (Å²) in [5, 5.41) is 5.20. The van der Waals surface area contributed by atoms with Gasteiger partial charge in [-0.25, -0.2) is 0 Å². The lowest BCUT2D eigenvalue weighted by molar-refractivity contribution is -0.135. The van der Waals surface area contributed by atoms with Crippen molar-refractivity contribution in [1.82, 2.24) is 10.6 Å². The normalized spacial score (nSPS) is 16.8. The fraction of sp³-hybridized carbons (Fsp3) is 0.471. The summed E-state index contributed by atoms with van der Waals surface area (Å²) in [4.78, 5) is 34.6. The third-order valence-corrected chi connectivity index (χ3v) is 4.42. The van der Waals surface area contributed by atoms with E-state index in [0.717, 1.165) is 17.3 Å². The minimum atomic E-state index is -0.290. The van der Waals surface area contributed by atoms with Gasteiger partial charge in [-0.05, 0) is 43.4 Å². The van der Waals surface area contributed by atoms with Gasteiger partial charge in [0.05, 0.1) is 0 Å². The Hall–Kier alpha value is -1.69. The maximum absolute atomic E-state index is 12.0. The van der Waals surface area contributed by atoms with Crippen molar-refractivity contribution in [2.24, 2.45) is 5.92 Å². The second kappa shape index (κ2) is 8.24. The van der Waals surface area contributed by atoms with Gasteiger partial charge in [-0.15, -0.1) is 0 Å². The van der Waals surface area contributed by atoms with E-state index >= 15 is 0 Å². The Morgan fingerprint density at radius 2 is 1.87 bits per heavy atom. The van der Waals surface area contributed by atoms with Crippen molar-refractivity contribution in [1.29, 1.82) is 0 Å². The fourth-order valence-electron chi connectivity index (χ4n) is 2.70. The van der Waals surface area contributed by atoms with Gasteiger partial charge < -0.3 is 5.32 Å². The number of imide groups is 1. The second-order valence-corrected chi connectivity index (χ2v) is 7.00. The van der Waals surface area contributed by atoms with E-state index in [-0.39, 0.29) is 48.9 Å². The van der Waals surface area contributed by atoms with E-state index in [1.54, 1.807) is 0 Å². The van der Waals surface area contributed by atoms with E-state index in [1.807, 2.05) is 19.1 Å². The van der Waals surface area contributed by atoms with E-state index in [1.165, 1.54) is 5.56 Å². The van der Waals surface area contributed by atoms with Gasteiger partial charge in [-0.1, -0.05) is 28.1 Å². The molecule has 2 N–H and O–H groups in total. The maximum Gasteiger partial charge on any atom is 0.226 e. The van der Waals surface area contributed by atoms with Crippen molar-refractivity contribution in [3.05, 3.63) is 34.3 Å². The van der Waals surface area contributed by atoms with Crippen molar-refractivity contribution >= 4 is 33.7 Å². The largest absolute Gasteiger partial charge is 0.354 e. The zero-order valence-electron chi connectivity index (χ0n) is 13.1. The number of hydrogen-bond donors (Lipinski definition) is 2. The molecule has 0 aliphatic carbocycles. The summed E-state index contributed by atoms with van der Waals surface area (Å²) in [5.74, 6) is -0.861. The number of carbonyl (C=O) groups is 3. The van der Waals surface area contributed by atoms with Gasteiger partial charge in [0.25, 0.3) is 0 Å². The molecule has 1 unspecified atom stereocenters. The molecule has 0 saturated carbocycles. The van der Waals surface area contributed by atoms with Crippen LogP contribution in [-0.4, -0.2) is 23.8 Å². The molecule has 3 amide bonds. The van der Waals surface area contributed by atoms with Gasteiger partial charge >= 0.3 is 0 Å². The predicted octanol–water partition coefficient (Wildman–Crippen LogP) is 2.33. The number of piperidine rings is 1. The van der Waals surface area contributed by atoms with Crippen LogP contribution in [0.15, 0.2) is 28.7 Å². The summed E-state index contributed by atoms with van der Waals surface area (Å²) >= 11 is 3.40. The van der Waals surface area contributed by atoms with Gasteiger partial charge in [0.1, 0.15) is 0 Å². The summed E-state index contributed by atoms with van der Waals surface area (Å²) in [6.45, 7) is 1.97. The molecule has 2 rings (SSSR count). The Balaban J connectivity index is 1.72. The highest BCUT2D eigenvalue weighted by Crippen LogP contribution is 2.17. The Morgan fingerprint density at radius 1 is 1.26 bits per heavy atom. The van der Waals surface area contributed by atoms with Crippen molar-refractivity contribution in [3.8, 4) is 0 Å². The highest BCUT2D eigenvalue weighted by molar-refractivity contribution is 9.10. The SMILES string of the molecule is CC(CCc1ccc(Br)cc1)NC(=O)CC1CC(=O)NC(=O)C1. The third kappa shape index (κ3) is 6.14. The molecule has 1 fully saturated rings. The molecule has 23 heavy (non-hydrogen) atoms. The summed E-state index contributed by atoms with van der Waals surface area (Å²) in [5.41, 5.74) is 1.23. The summed E-state index contributed by atoms with van der Waals surface area (Å²) in [6.07, 6.45) is 2.44. The molecule has 1 heterocycles. The topological polar surface area (TPSA) is 75.3 Å². The highest BCUT2D eigenvalue weighted by Gasteiger charge is 2.26. The van der Waals surface area contributed by atoms with Crippen LogP contribution in [0.25, 0.3) is 0 Å². The Kier molecular flexibility index (Phi) is 6.33. The molecule has 1 aliphatic heterocycles. The van der Waals surface area contributed by atoms with E-state index in [4.69, 9.17) is 0 Å². The minimum Gasteiger partial charge on any atom is -0.354 e.